The molecular formula is C66H130O7. The Bertz CT molecular complexity index is 932. The fourth-order valence-corrected chi connectivity index (χ4v) is 9.70. The molecule has 0 heterocycles. The van der Waals surface area contributed by atoms with Crippen LogP contribution in [0.1, 0.15) is 336 Å². The largest absolute Gasteiger partial charge is 0.353 e. The molecule has 0 aliphatic rings. The lowest BCUT2D eigenvalue weighted by atomic mass is 10.1. The van der Waals surface area contributed by atoms with E-state index in [1.54, 1.807) is 14.2 Å². The summed E-state index contributed by atoms with van der Waals surface area (Å²) in [6, 6.07) is 0. The van der Waals surface area contributed by atoms with Crippen LogP contribution in [0.2, 0.25) is 0 Å². The molecule has 0 N–H and O–H groups in total. The van der Waals surface area contributed by atoms with Crippen LogP contribution >= 0.6 is 0 Å². The molecule has 0 saturated heterocycles. The molecule has 0 fully saturated rings. The van der Waals surface area contributed by atoms with Crippen molar-refractivity contribution in [2.45, 2.75) is 361 Å². The zero-order chi connectivity index (χ0) is 52.9. The van der Waals surface area contributed by atoms with Crippen LogP contribution in [0.25, 0.3) is 0 Å². The minimum atomic E-state index is -0.401. The van der Waals surface area contributed by atoms with Gasteiger partial charge < -0.3 is 33.2 Å². The van der Waals surface area contributed by atoms with Crippen LogP contribution in [0.4, 0.5) is 0 Å². The zero-order valence-electron chi connectivity index (χ0n) is 50.2. The van der Waals surface area contributed by atoms with Gasteiger partial charge in [-0.1, -0.05) is 271 Å². The maximum Gasteiger partial charge on any atom is 0.179 e. The second-order valence-electron chi connectivity index (χ2n) is 21.8. The van der Waals surface area contributed by atoms with Gasteiger partial charge in [0.15, 0.2) is 25.2 Å². The Balaban J connectivity index is 4.14. The Kier molecular flexibility index (Phi) is 63.0. The van der Waals surface area contributed by atoms with Crippen LogP contribution in [-0.4, -0.2) is 65.8 Å². The lowest BCUT2D eigenvalue weighted by Crippen LogP contribution is -2.22. The standard InChI is InChI=1S/C66H130O7/c1-7-11-15-19-35-43-51-59-69-65(70-60-52-44-36-20-16-12-8-2)57-49-41-33-29-25-23-27-31-39-47-55-63(67-5)73-64(68-6)56-48-40-32-28-24-26-30-34-42-50-58-66(71-61-53-45-37-21-17-13-9-3)72-62-54-46-38-22-18-14-10-4/h47-48,55-56,63-66H,7-46,49-54,57-62H2,1-6H3. The van der Waals surface area contributed by atoms with Gasteiger partial charge >= 0.3 is 0 Å². The highest BCUT2D eigenvalue weighted by molar-refractivity contribution is 4.89. The first kappa shape index (κ1) is 72.2. The number of unbranched alkanes of at least 4 members (excludes halogenated alkanes) is 40. The number of allylic oxidation sites excluding steroid dienone is 2. The quantitative estimate of drug-likeness (QED) is 0.0342. The van der Waals surface area contributed by atoms with Gasteiger partial charge in [0.05, 0.1) is 0 Å². The predicted octanol–water partition coefficient (Wildman–Crippen LogP) is 21.6. The van der Waals surface area contributed by atoms with Gasteiger partial charge in [0, 0.05) is 40.6 Å². The summed E-state index contributed by atoms with van der Waals surface area (Å²) >= 11 is 0. The van der Waals surface area contributed by atoms with Crippen LogP contribution in [-0.2, 0) is 33.2 Å². The van der Waals surface area contributed by atoms with E-state index in [0.29, 0.717) is 0 Å². The van der Waals surface area contributed by atoms with E-state index < -0.39 is 12.6 Å². The Morgan fingerprint density at radius 1 is 0.260 bits per heavy atom. The summed E-state index contributed by atoms with van der Waals surface area (Å²) < 4.78 is 42.5. The lowest BCUT2D eigenvalue weighted by Gasteiger charge is -2.19. The van der Waals surface area contributed by atoms with Crippen molar-refractivity contribution >= 4 is 0 Å². The molecule has 73 heavy (non-hydrogen) atoms. The molecule has 7 heteroatoms. The molecule has 0 amide bonds. The molecule has 0 aromatic heterocycles. The van der Waals surface area contributed by atoms with Crippen LogP contribution < -0.4 is 0 Å². The number of methoxy groups -OCH3 is 2. The number of hydrogen-bond donors (Lipinski definition) is 0. The Morgan fingerprint density at radius 3 is 0.726 bits per heavy atom. The summed E-state index contributed by atoms with van der Waals surface area (Å²) in [4.78, 5) is 0. The monoisotopic (exact) mass is 1030 g/mol. The minimum Gasteiger partial charge on any atom is -0.353 e. The number of ether oxygens (including phenoxy) is 7. The van der Waals surface area contributed by atoms with Crippen molar-refractivity contribution in [1.29, 1.82) is 0 Å². The Morgan fingerprint density at radius 2 is 0.479 bits per heavy atom. The highest BCUT2D eigenvalue weighted by Crippen LogP contribution is 2.19. The van der Waals surface area contributed by atoms with E-state index in [4.69, 9.17) is 33.2 Å². The third-order valence-corrected chi connectivity index (χ3v) is 14.6. The van der Waals surface area contributed by atoms with Crippen molar-refractivity contribution in [1.82, 2.24) is 0 Å². The van der Waals surface area contributed by atoms with Gasteiger partial charge in [0.2, 0.25) is 0 Å². The van der Waals surface area contributed by atoms with E-state index in [1.807, 2.05) is 12.2 Å². The van der Waals surface area contributed by atoms with Gasteiger partial charge in [0.25, 0.3) is 0 Å². The molecule has 7 nitrogen and oxygen atoms in total. The van der Waals surface area contributed by atoms with Crippen molar-refractivity contribution in [3.63, 3.8) is 0 Å². The van der Waals surface area contributed by atoms with Crippen LogP contribution in [0, 0.1) is 0 Å². The maximum atomic E-state index is 6.29. The summed E-state index contributed by atoms with van der Waals surface area (Å²) in [5.41, 5.74) is 0. The molecular weight excluding hydrogens is 905 g/mol. The molecule has 2 atom stereocenters. The van der Waals surface area contributed by atoms with Gasteiger partial charge in [-0.15, -0.1) is 0 Å². The molecule has 0 aromatic carbocycles. The van der Waals surface area contributed by atoms with Gasteiger partial charge in [-0.3, -0.25) is 0 Å². The maximum absolute atomic E-state index is 6.29. The van der Waals surface area contributed by atoms with Crippen molar-refractivity contribution in [3.05, 3.63) is 24.3 Å². The molecule has 0 aliphatic heterocycles. The molecule has 0 rings (SSSR count). The van der Waals surface area contributed by atoms with Crippen molar-refractivity contribution in [2.75, 3.05) is 40.6 Å². The molecule has 0 bridgehead atoms. The highest BCUT2D eigenvalue weighted by Gasteiger charge is 2.13. The van der Waals surface area contributed by atoms with E-state index in [0.717, 1.165) is 52.1 Å². The first-order chi connectivity index (χ1) is 36.1. The summed E-state index contributed by atoms with van der Waals surface area (Å²) in [6.45, 7) is 12.6. The summed E-state index contributed by atoms with van der Waals surface area (Å²) in [7, 11) is 3.41. The first-order valence-electron chi connectivity index (χ1n) is 32.7. The molecule has 0 radical (unpaired) electrons. The molecule has 0 saturated carbocycles. The second-order valence-corrected chi connectivity index (χ2v) is 21.8. The highest BCUT2D eigenvalue weighted by atomic mass is 16.8. The molecule has 0 spiro atoms. The molecule has 436 valence electrons. The van der Waals surface area contributed by atoms with Gasteiger partial charge in [-0.2, -0.15) is 0 Å². The lowest BCUT2D eigenvalue weighted by molar-refractivity contribution is -0.188. The van der Waals surface area contributed by atoms with E-state index in [-0.39, 0.29) is 12.6 Å². The van der Waals surface area contributed by atoms with Crippen LogP contribution in [0.5, 0.6) is 0 Å². The third kappa shape index (κ3) is 57.2. The second kappa shape index (κ2) is 63.7. The summed E-state index contributed by atoms with van der Waals surface area (Å²) in [6.07, 6.45) is 69.4. The normalized spacial score (nSPS) is 13.0. The summed E-state index contributed by atoms with van der Waals surface area (Å²) in [5.74, 6) is 0. The predicted molar refractivity (Wildman–Crippen MR) is 317 cm³/mol. The van der Waals surface area contributed by atoms with Crippen LogP contribution in [0.15, 0.2) is 24.3 Å². The van der Waals surface area contributed by atoms with E-state index in [9.17, 15) is 0 Å². The van der Waals surface area contributed by atoms with E-state index >= 15 is 0 Å². The van der Waals surface area contributed by atoms with Gasteiger partial charge in [-0.25, -0.2) is 0 Å². The van der Waals surface area contributed by atoms with Crippen LogP contribution in [0.3, 0.4) is 0 Å². The molecule has 2 unspecified atom stereocenters. The smallest absolute Gasteiger partial charge is 0.179 e. The SMILES string of the molecule is CCCCCCCCCOC(CCCCCCCCCCC=CC(OC)OC(C=CCCCCCCCCCCC(OCCCCCCCCC)OCCCCCCCCC)OC)OCCCCCCCCC. The molecule has 0 aliphatic carbocycles. The Labute approximate surface area is 457 Å². The zero-order valence-corrected chi connectivity index (χ0v) is 50.2. The number of rotatable bonds is 64. The van der Waals surface area contributed by atoms with E-state index in [1.165, 1.54) is 283 Å². The van der Waals surface area contributed by atoms with Gasteiger partial charge in [0.1, 0.15) is 0 Å². The fourth-order valence-electron chi connectivity index (χ4n) is 9.70. The minimum absolute atomic E-state index is 0.00943. The van der Waals surface area contributed by atoms with Crippen molar-refractivity contribution in [2.24, 2.45) is 0 Å². The number of hydrogen-bond acceptors (Lipinski definition) is 7. The Hall–Kier alpha value is -0.800. The van der Waals surface area contributed by atoms with Gasteiger partial charge in [-0.05, 0) is 89.2 Å². The molecule has 0 aromatic rings. The van der Waals surface area contributed by atoms with Crippen molar-refractivity contribution in [3.8, 4) is 0 Å². The van der Waals surface area contributed by atoms with Crippen molar-refractivity contribution < 1.29 is 33.2 Å². The van der Waals surface area contributed by atoms with E-state index in [2.05, 4.69) is 39.8 Å². The third-order valence-electron chi connectivity index (χ3n) is 14.6. The average Bonchev–Trinajstić information content (AvgIpc) is 3.40. The fraction of sp³-hybridized carbons (Fsp3) is 0.939. The topological polar surface area (TPSA) is 64.6 Å². The average molecular weight is 1040 g/mol. The first-order valence-corrected chi connectivity index (χ1v) is 32.7. The summed E-state index contributed by atoms with van der Waals surface area (Å²) in [5, 5.41) is 0.